The van der Waals surface area contributed by atoms with Gasteiger partial charge in [-0.25, -0.2) is 0 Å². The minimum atomic E-state index is -0.169. The van der Waals surface area contributed by atoms with E-state index in [-0.39, 0.29) is 6.10 Å². The Labute approximate surface area is 117 Å². The van der Waals surface area contributed by atoms with Crippen LogP contribution in [0, 0.1) is 12.8 Å². The summed E-state index contributed by atoms with van der Waals surface area (Å²) in [5.74, 6) is 0.766. The molecule has 1 N–H and O–H groups in total. The van der Waals surface area contributed by atoms with Crippen molar-refractivity contribution in [2.24, 2.45) is 5.92 Å². The number of aryl methyl sites for hydroxylation is 1. The van der Waals surface area contributed by atoms with Crippen LogP contribution in [0.15, 0.2) is 24.3 Å². The molecule has 1 saturated carbocycles. The van der Waals surface area contributed by atoms with Crippen LogP contribution in [-0.4, -0.2) is 29.7 Å². The monoisotopic (exact) mass is 261 g/mol. The van der Waals surface area contributed by atoms with Crippen molar-refractivity contribution in [1.29, 1.82) is 0 Å². The molecule has 1 unspecified atom stereocenters. The lowest BCUT2D eigenvalue weighted by Crippen LogP contribution is -2.30. The van der Waals surface area contributed by atoms with Gasteiger partial charge in [-0.15, -0.1) is 0 Å². The fraction of sp³-hybridized carbons (Fsp3) is 0.647. The van der Waals surface area contributed by atoms with Crippen LogP contribution in [0.2, 0.25) is 0 Å². The second-order valence-corrected chi connectivity index (χ2v) is 6.16. The molecule has 1 aliphatic carbocycles. The van der Waals surface area contributed by atoms with Gasteiger partial charge >= 0.3 is 0 Å². The van der Waals surface area contributed by atoms with Crippen LogP contribution >= 0.6 is 0 Å². The van der Waals surface area contributed by atoms with Crippen molar-refractivity contribution in [3.8, 4) is 0 Å². The molecule has 1 aromatic rings. The molecular weight excluding hydrogens is 234 g/mol. The van der Waals surface area contributed by atoms with E-state index in [4.69, 9.17) is 0 Å². The third-order valence-corrected chi connectivity index (χ3v) is 4.30. The Morgan fingerprint density at radius 1 is 1.26 bits per heavy atom. The summed E-state index contributed by atoms with van der Waals surface area (Å²) >= 11 is 0. The molecule has 0 aliphatic heterocycles. The molecule has 1 aromatic carbocycles. The van der Waals surface area contributed by atoms with E-state index in [1.807, 2.05) is 0 Å². The van der Waals surface area contributed by atoms with Crippen LogP contribution < -0.4 is 0 Å². The highest BCUT2D eigenvalue weighted by molar-refractivity contribution is 5.25. The zero-order chi connectivity index (χ0) is 13.7. The van der Waals surface area contributed by atoms with Crippen molar-refractivity contribution in [2.45, 2.75) is 51.7 Å². The fourth-order valence-electron chi connectivity index (χ4n) is 3.21. The van der Waals surface area contributed by atoms with Gasteiger partial charge < -0.3 is 5.11 Å². The maximum Gasteiger partial charge on any atom is 0.0669 e. The topological polar surface area (TPSA) is 23.5 Å². The lowest BCUT2D eigenvalue weighted by atomic mass is 10.00. The van der Waals surface area contributed by atoms with Crippen molar-refractivity contribution in [3.63, 3.8) is 0 Å². The highest BCUT2D eigenvalue weighted by atomic mass is 16.3. The Balaban J connectivity index is 1.77. The van der Waals surface area contributed by atoms with E-state index in [1.165, 1.54) is 36.8 Å². The molecule has 2 heteroatoms. The van der Waals surface area contributed by atoms with E-state index >= 15 is 0 Å². The Kier molecular flexibility index (Phi) is 5.41. The molecule has 0 aromatic heterocycles. The average Bonchev–Trinajstić information content (AvgIpc) is 2.84. The van der Waals surface area contributed by atoms with Gasteiger partial charge in [0.05, 0.1) is 6.10 Å². The summed E-state index contributed by atoms with van der Waals surface area (Å²) in [6.07, 6.45) is 6.17. The van der Waals surface area contributed by atoms with E-state index < -0.39 is 0 Å². The summed E-state index contributed by atoms with van der Waals surface area (Å²) < 4.78 is 0. The Bertz CT molecular complexity index is 385. The van der Waals surface area contributed by atoms with Gasteiger partial charge in [-0.05, 0) is 37.4 Å². The van der Waals surface area contributed by atoms with E-state index in [0.717, 1.165) is 25.4 Å². The maximum atomic E-state index is 10.2. The van der Waals surface area contributed by atoms with Gasteiger partial charge in [0.2, 0.25) is 0 Å². The van der Waals surface area contributed by atoms with Crippen molar-refractivity contribution < 1.29 is 5.11 Å². The first kappa shape index (κ1) is 14.5. The number of aliphatic hydroxyl groups excluding tert-OH is 1. The van der Waals surface area contributed by atoms with Gasteiger partial charge in [0, 0.05) is 13.1 Å². The molecule has 19 heavy (non-hydrogen) atoms. The van der Waals surface area contributed by atoms with E-state index in [1.54, 1.807) is 0 Å². The molecule has 0 amide bonds. The van der Waals surface area contributed by atoms with Crippen LogP contribution in [0.5, 0.6) is 0 Å². The molecule has 1 fully saturated rings. The summed E-state index contributed by atoms with van der Waals surface area (Å²) in [5.41, 5.74) is 2.69. The Morgan fingerprint density at radius 2 is 1.95 bits per heavy atom. The second kappa shape index (κ2) is 7.06. The standard InChI is InChI=1S/C17H27NO/c1-14-7-3-6-10-16(14)12-18(2)13-17(19)11-15-8-4-5-9-15/h3,6-7,10,15,17,19H,4-5,8-9,11-13H2,1-2H3. The molecule has 0 saturated heterocycles. The number of hydrogen-bond acceptors (Lipinski definition) is 2. The first-order valence-electron chi connectivity index (χ1n) is 7.56. The van der Waals surface area contributed by atoms with E-state index in [2.05, 4.69) is 43.1 Å². The number of benzene rings is 1. The smallest absolute Gasteiger partial charge is 0.0669 e. The first-order valence-corrected chi connectivity index (χ1v) is 7.56. The highest BCUT2D eigenvalue weighted by Gasteiger charge is 2.19. The molecule has 0 radical (unpaired) electrons. The van der Waals surface area contributed by atoms with Gasteiger partial charge in [0.1, 0.15) is 0 Å². The van der Waals surface area contributed by atoms with Crippen molar-refractivity contribution >= 4 is 0 Å². The first-order chi connectivity index (χ1) is 9.15. The predicted molar refractivity (Wildman–Crippen MR) is 80.1 cm³/mol. The zero-order valence-electron chi connectivity index (χ0n) is 12.3. The number of likely N-dealkylation sites (N-methyl/N-ethyl adjacent to an activating group) is 1. The molecule has 0 bridgehead atoms. The number of nitrogens with zero attached hydrogens (tertiary/aromatic N) is 1. The van der Waals surface area contributed by atoms with E-state index in [9.17, 15) is 5.11 Å². The maximum absolute atomic E-state index is 10.2. The van der Waals surface area contributed by atoms with Crippen molar-refractivity contribution in [2.75, 3.05) is 13.6 Å². The normalized spacial score (nSPS) is 18.1. The van der Waals surface area contributed by atoms with Crippen LogP contribution in [-0.2, 0) is 6.54 Å². The molecule has 1 aliphatic rings. The molecule has 0 heterocycles. The summed E-state index contributed by atoms with van der Waals surface area (Å²) in [6.45, 7) is 3.86. The SMILES string of the molecule is Cc1ccccc1CN(C)CC(O)CC1CCCC1. The lowest BCUT2D eigenvalue weighted by Gasteiger charge is -2.23. The van der Waals surface area contributed by atoms with Crippen LogP contribution in [0.1, 0.15) is 43.2 Å². The summed E-state index contributed by atoms with van der Waals surface area (Å²) in [4.78, 5) is 2.24. The highest BCUT2D eigenvalue weighted by Crippen LogP contribution is 2.28. The minimum Gasteiger partial charge on any atom is -0.392 e. The summed E-state index contributed by atoms with van der Waals surface area (Å²) in [6, 6.07) is 8.49. The van der Waals surface area contributed by atoms with E-state index in [0.29, 0.717) is 0 Å². The van der Waals surface area contributed by atoms with Crippen LogP contribution in [0.25, 0.3) is 0 Å². The Hall–Kier alpha value is -0.860. The van der Waals surface area contributed by atoms with Gasteiger partial charge in [0.15, 0.2) is 0 Å². The Morgan fingerprint density at radius 3 is 2.63 bits per heavy atom. The predicted octanol–water partition coefficient (Wildman–Crippen LogP) is 3.37. The second-order valence-electron chi connectivity index (χ2n) is 6.16. The quantitative estimate of drug-likeness (QED) is 0.848. The number of hydrogen-bond donors (Lipinski definition) is 1. The summed E-state index contributed by atoms with van der Waals surface area (Å²) in [5, 5.41) is 10.2. The summed E-state index contributed by atoms with van der Waals surface area (Å²) in [7, 11) is 2.10. The molecule has 106 valence electrons. The third-order valence-electron chi connectivity index (χ3n) is 4.30. The molecule has 2 rings (SSSR count). The van der Waals surface area contributed by atoms with Crippen molar-refractivity contribution in [1.82, 2.24) is 4.90 Å². The van der Waals surface area contributed by atoms with Crippen molar-refractivity contribution in [3.05, 3.63) is 35.4 Å². The molecule has 2 nitrogen and oxygen atoms in total. The van der Waals surface area contributed by atoms with Gasteiger partial charge in [-0.2, -0.15) is 0 Å². The van der Waals surface area contributed by atoms with Crippen LogP contribution in [0.3, 0.4) is 0 Å². The number of aliphatic hydroxyl groups is 1. The molecular formula is C17H27NO. The van der Waals surface area contributed by atoms with Gasteiger partial charge in [-0.1, -0.05) is 49.9 Å². The minimum absolute atomic E-state index is 0.169. The van der Waals surface area contributed by atoms with Crippen LogP contribution in [0.4, 0.5) is 0 Å². The third kappa shape index (κ3) is 4.63. The number of rotatable bonds is 6. The molecule has 1 atom stereocenters. The van der Waals surface area contributed by atoms with Gasteiger partial charge in [0.25, 0.3) is 0 Å². The fourth-order valence-corrected chi connectivity index (χ4v) is 3.21. The molecule has 0 spiro atoms. The van der Waals surface area contributed by atoms with Gasteiger partial charge in [-0.3, -0.25) is 4.90 Å². The zero-order valence-corrected chi connectivity index (χ0v) is 12.3. The lowest BCUT2D eigenvalue weighted by molar-refractivity contribution is 0.0993. The largest absolute Gasteiger partial charge is 0.392 e. The average molecular weight is 261 g/mol.